The molecule has 2 aromatic heterocycles. The maximum atomic E-state index is 11.7. The van der Waals surface area contributed by atoms with E-state index in [1.54, 1.807) is 18.5 Å². The SMILES string of the molecule is CC(C)(C)OC(=O)CSc1nc(Cl)nc(-n2cccn2)n1. The van der Waals surface area contributed by atoms with Gasteiger partial charge in [-0.25, -0.2) is 4.68 Å². The molecular formula is C12H14ClN5O2S. The Balaban J connectivity index is 2.06. The van der Waals surface area contributed by atoms with Crippen molar-refractivity contribution in [1.29, 1.82) is 0 Å². The van der Waals surface area contributed by atoms with Crippen molar-refractivity contribution in [2.75, 3.05) is 5.75 Å². The molecule has 0 bridgehead atoms. The summed E-state index contributed by atoms with van der Waals surface area (Å²) >= 11 is 6.99. The van der Waals surface area contributed by atoms with Crippen LogP contribution in [0, 0.1) is 0 Å². The lowest BCUT2D eigenvalue weighted by atomic mass is 10.2. The van der Waals surface area contributed by atoms with Gasteiger partial charge in [0.15, 0.2) is 5.16 Å². The lowest BCUT2D eigenvalue weighted by Crippen LogP contribution is -2.25. The number of hydrogen-bond acceptors (Lipinski definition) is 7. The quantitative estimate of drug-likeness (QED) is 0.628. The smallest absolute Gasteiger partial charge is 0.316 e. The molecule has 0 saturated heterocycles. The molecule has 2 heterocycles. The lowest BCUT2D eigenvalue weighted by molar-refractivity contribution is -0.151. The molecule has 0 aliphatic heterocycles. The van der Waals surface area contributed by atoms with Gasteiger partial charge in [0, 0.05) is 12.4 Å². The van der Waals surface area contributed by atoms with E-state index in [1.807, 2.05) is 20.8 Å². The molecule has 0 spiro atoms. The molecule has 0 saturated carbocycles. The van der Waals surface area contributed by atoms with Crippen LogP contribution in [0.3, 0.4) is 0 Å². The van der Waals surface area contributed by atoms with Crippen molar-refractivity contribution in [3.05, 3.63) is 23.7 Å². The van der Waals surface area contributed by atoms with Crippen LogP contribution in [0.2, 0.25) is 5.28 Å². The van der Waals surface area contributed by atoms with Crippen LogP contribution < -0.4 is 0 Å². The van der Waals surface area contributed by atoms with Gasteiger partial charge >= 0.3 is 5.97 Å². The molecule has 0 aliphatic carbocycles. The van der Waals surface area contributed by atoms with Gasteiger partial charge in [-0.1, -0.05) is 11.8 Å². The first-order valence-electron chi connectivity index (χ1n) is 6.10. The second kappa shape index (κ2) is 6.40. The Bertz CT molecular complexity index is 627. The van der Waals surface area contributed by atoms with Crippen LogP contribution in [0.4, 0.5) is 0 Å². The van der Waals surface area contributed by atoms with E-state index in [0.717, 1.165) is 11.8 Å². The first-order valence-corrected chi connectivity index (χ1v) is 7.46. The zero-order valence-electron chi connectivity index (χ0n) is 11.8. The van der Waals surface area contributed by atoms with Crippen molar-refractivity contribution in [2.45, 2.75) is 31.5 Å². The van der Waals surface area contributed by atoms with Gasteiger partial charge in [-0.15, -0.1) is 0 Å². The monoisotopic (exact) mass is 327 g/mol. The highest BCUT2D eigenvalue weighted by Crippen LogP contribution is 2.17. The fraction of sp³-hybridized carbons (Fsp3) is 0.417. The minimum Gasteiger partial charge on any atom is -0.459 e. The number of carbonyl (C=O) groups excluding carboxylic acids is 1. The molecule has 0 aromatic carbocycles. The van der Waals surface area contributed by atoms with E-state index >= 15 is 0 Å². The van der Waals surface area contributed by atoms with Crippen LogP contribution in [0.15, 0.2) is 23.6 Å². The van der Waals surface area contributed by atoms with E-state index in [-0.39, 0.29) is 17.0 Å². The first-order chi connectivity index (χ1) is 9.83. The molecule has 0 amide bonds. The predicted molar refractivity (Wildman–Crippen MR) is 78.5 cm³/mol. The predicted octanol–water partition coefficient (Wildman–Crippen LogP) is 2.14. The van der Waals surface area contributed by atoms with E-state index < -0.39 is 5.60 Å². The maximum Gasteiger partial charge on any atom is 0.316 e. The van der Waals surface area contributed by atoms with Crippen LogP contribution in [-0.2, 0) is 9.53 Å². The summed E-state index contributed by atoms with van der Waals surface area (Å²) in [5.74, 6) is 0.0484. The van der Waals surface area contributed by atoms with Crippen LogP contribution in [-0.4, -0.2) is 42.1 Å². The van der Waals surface area contributed by atoms with Crippen molar-refractivity contribution in [1.82, 2.24) is 24.7 Å². The summed E-state index contributed by atoms with van der Waals surface area (Å²) in [6, 6.07) is 1.74. The summed E-state index contributed by atoms with van der Waals surface area (Å²) in [6.07, 6.45) is 3.29. The van der Waals surface area contributed by atoms with Gasteiger partial charge in [0.2, 0.25) is 5.28 Å². The number of thioether (sulfide) groups is 1. The summed E-state index contributed by atoms with van der Waals surface area (Å²) in [6.45, 7) is 5.43. The van der Waals surface area contributed by atoms with Crippen LogP contribution in [0.25, 0.3) is 5.95 Å². The highest BCUT2D eigenvalue weighted by Gasteiger charge is 2.17. The molecular weight excluding hydrogens is 314 g/mol. The van der Waals surface area contributed by atoms with Crippen molar-refractivity contribution in [3.8, 4) is 5.95 Å². The second-order valence-electron chi connectivity index (χ2n) is 5.01. The van der Waals surface area contributed by atoms with E-state index in [0.29, 0.717) is 11.1 Å². The average molecular weight is 328 g/mol. The number of aromatic nitrogens is 5. The molecule has 9 heteroatoms. The number of halogens is 1. The Labute approximate surface area is 131 Å². The van der Waals surface area contributed by atoms with Crippen LogP contribution >= 0.6 is 23.4 Å². The molecule has 2 rings (SSSR count). The Kier molecular flexibility index (Phi) is 4.79. The molecule has 0 fully saturated rings. The second-order valence-corrected chi connectivity index (χ2v) is 6.29. The minimum absolute atomic E-state index is 0.0437. The zero-order chi connectivity index (χ0) is 15.5. The van der Waals surface area contributed by atoms with Gasteiger partial charge in [-0.2, -0.15) is 20.1 Å². The number of rotatable bonds is 4. The highest BCUT2D eigenvalue weighted by atomic mass is 35.5. The molecule has 7 nitrogen and oxygen atoms in total. The number of carbonyl (C=O) groups is 1. The number of esters is 1. The first kappa shape index (κ1) is 15.7. The van der Waals surface area contributed by atoms with Crippen molar-refractivity contribution in [3.63, 3.8) is 0 Å². The van der Waals surface area contributed by atoms with Gasteiger partial charge < -0.3 is 4.74 Å². The van der Waals surface area contributed by atoms with Crippen LogP contribution in [0.1, 0.15) is 20.8 Å². The molecule has 0 N–H and O–H groups in total. The number of nitrogens with zero attached hydrogens (tertiary/aromatic N) is 5. The Morgan fingerprint density at radius 2 is 2.14 bits per heavy atom. The zero-order valence-corrected chi connectivity index (χ0v) is 13.4. The molecule has 0 aliphatic rings. The van der Waals surface area contributed by atoms with Crippen molar-refractivity contribution >= 4 is 29.3 Å². The van der Waals surface area contributed by atoms with E-state index in [2.05, 4.69) is 20.1 Å². The largest absolute Gasteiger partial charge is 0.459 e. The number of hydrogen-bond donors (Lipinski definition) is 0. The summed E-state index contributed by atoms with van der Waals surface area (Å²) in [4.78, 5) is 23.8. The van der Waals surface area contributed by atoms with E-state index in [4.69, 9.17) is 16.3 Å². The number of ether oxygens (including phenoxy) is 1. The fourth-order valence-corrected chi connectivity index (χ4v) is 2.18. The van der Waals surface area contributed by atoms with E-state index in [9.17, 15) is 4.79 Å². The highest BCUT2D eigenvalue weighted by molar-refractivity contribution is 7.99. The summed E-state index contributed by atoms with van der Waals surface area (Å²) in [7, 11) is 0. The Hall–Kier alpha value is -1.67. The molecule has 0 unspecified atom stereocenters. The van der Waals surface area contributed by atoms with Crippen molar-refractivity contribution in [2.24, 2.45) is 0 Å². The third-order valence-electron chi connectivity index (χ3n) is 2.02. The maximum absolute atomic E-state index is 11.7. The van der Waals surface area contributed by atoms with Gasteiger partial charge in [0.25, 0.3) is 5.95 Å². The van der Waals surface area contributed by atoms with Gasteiger partial charge in [-0.05, 0) is 38.4 Å². The average Bonchev–Trinajstić information content (AvgIpc) is 2.87. The Morgan fingerprint density at radius 3 is 2.76 bits per heavy atom. The van der Waals surface area contributed by atoms with Gasteiger partial charge in [0.1, 0.15) is 5.60 Å². The summed E-state index contributed by atoms with van der Waals surface area (Å²) in [5, 5.41) is 4.40. The lowest BCUT2D eigenvalue weighted by Gasteiger charge is -2.19. The summed E-state index contributed by atoms with van der Waals surface area (Å²) < 4.78 is 6.67. The standard InChI is InChI=1S/C12H14ClN5O2S/c1-12(2,3)20-8(19)7-21-11-16-9(13)15-10(17-11)18-6-4-5-14-18/h4-6H,7H2,1-3H3. The molecule has 112 valence electrons. The summed E-state index contributed by atoms with van der Waals surface area (Å²) in [5.41, 5.74) is -0.519. The molecule has 21 heavy (non-hydrogen) atoms. The van der Waals surface area contributed by atoms with Crippen LogP contribution in [0.5, 0.6) is 0 Å². The normalized spacial score (nSPS) is 11.4. The van der Waals surface area contributed by atoms with E-state index in [1.165, 1.54) is 4.68 Å². The minimum atomic E-state index is -0.519. The molecule has 2 aromatic rings. The third kappa shape index (κ3) is 4.98. The van der Waals surface area contributed by atoms with Crippen molar-refractivity contribution < 1.29 is 9.53 Å². The fourth-order valence-electron chi connectivity index (χ4n) is 1.37. The molecule has 0 atom stereocenters. The molecule has 0 radical (unpaired) electrons. The third-order valence-corrected chi connectivity index (χ3v) is 3.01. The van der Waals surface area contributed by atoms with Gasteiger partial charge in [-0.3, -0.25) is 4.79 Å². The van der Waals surface area contributed by atoms with Gasteiger partial charge in [0.05, 0.1) is 5.75 Å². The topological polar surface area (TPSA) is 82.8 Å². The Morgan fingerprint density at radius 1 is 1.38 bits per heavy atom.